The van der Waals surface area contributed by atoms with Gasteiger partial charge < -0.3 is 16.8 Å². The number of amides is 1. The number of nitrogens with one attached hydrogen (secondary N) is 1. The second kappa shape index (κ2) is 4.76. The van der Waals surface area contributed by atoms with Crippen molar-refractivity contribution in [2.45, 2.75) is 25.7 Å². The lowest BCUT2D eigenvalue weighted by molar-refractivity contribution is 0.100. The van der Waals surface area contributed by atoms with Gasteiger partial charge in [0.15, 0.2) is 0 Å². The summed E-state index contributed by atoms with van der Waals surface area (Å²) in [5, 5.41) is 3.45. The van der Waals surface area contributed by atoms with E-state index in [1.165, 1.54) is 25.7 Å². The molecule has 1 amide bonds. The van der Waals surface area contributed by atoms with Crippen LogP contribution in [0.4, 0.5) is 11.4 Å². The lowest BCUT2D eigenvalue weighted by Gasteiger charge is -2.17. The Hall–Kier alpha value is -1.71. The van der Waals surface area contributed by atoms with Crippen LogP contribution in [0.25, 0.3) is 0 Å². The lowest BCUT2D eigenvalue weighted by atomic mass is 9.98. The lowest BCUT2D eigenvalue weighted by Crippen LogP contribution is -2.19. The van der Waals surface area contributed by atoms with E-state index in [0.717, 1.165) is 30.0 Å². The number of anilines is 2. The molecule has 0 heterocycles. The van der Waals surface area contributed by atoms with Crippen molar-refractivity contribution in [3.05, 3.63) is 23.8 Å². The quantitative estimate of drug-likeness (QED) is 0.685. The van der Waals surface area contributed by atoms with Gasteiger partial charge in [-0.25, -0.2) is 0 Å². The molecule has 0 spiro atoms. The summed E-state index contributed by atoms with van der Waals surface area (Å²) in [7, 11) is 0. The minimum Gasteiger partial charge on any atom is -0.398 e. The summed E-state index contributed by atoms with van der Waals surface area (Å²) in [4.78, 5) is 11.3. The molecule has 0 bridgehead atoms. The van der Waals surface area contributed by atoms with Gasteiger partial charge >= 0.3 is 0 Å². The standard InChI is InChI=1S/C15H21N3O/c16-14-6-5-11(7-12(14)15(17)19)18-8-13(9-1-2-9)10-3-4-10/h5-7,9-10,13,18H,1-4,8,16H2,(H2,17,19). The Bertz CT molecular complexity index is 480. The molecule has 0 saturated heterocycles. The maximum Gasteiger partial charge on any atom is 0.250 e. The van der Waals surface area contributed by atoms with Crippen LogP contribution in [-0.2, 0) is 0 Å². The van der Waals surface area contributed by atoms with Crippen LogP contribution in [0.3, 0.4) is 0 Å². The highest BCUT2D eigenvalue weighted by Crippen LogP contribution is 2.49. The first kappa shape index (κ1) is 12.3. The van der Waals surface area contributed by atoms with Crippen molar-refractivity contribution in [2.24, 2.45) is 23.5 Å². The second-order valence-electron chi connectivity index (χ2n) is 5.89. The predicted molar refractivity (Wildman–Crippen MR) is 76.8 cm³/mol. The van der Waals surface area contributed by atoms with Crippen LogP contribution in [0.5, 0.6) is 0 Å². The van der Waals surface area contributed by atoms with Crippen LogP contribution >= 0.6 is 0 Å². The second-order valence-corrected chi connectivity index (χ2v) is 5.89. The van der Waals surface area contributed by atoms with Gasteiger partial charge in [0, 0.05) is 17.9 Å². The van der Waals surface area contributed by atoms with Crippen molar-refractivity contribution in [2.75, 3.05) is 17.6 Å². The minimum absolute atomic E-state index is 0.402. The normalized spacial score (nSPS) is 18.6. The zero-order valence-corrected chi connectivity index (χ0v) is 11.1. The average Bonchev–Trinajstić information content (AvgIpc) is 3.25. The number of nitrogens with two attached hydrogens (primary N) is 2. The summed E-state index contributed by atoms with van der Waals surface area (Å²) in [6.45, 7) is 0.997. The van der Waals surface area contributed by atoms with Gasteiger partial charge in [-0.15, -0.1) is 0 Å². The van der Waals surface area contributed by atoms with E-state index < -0.39 is 5.91 Å². The van der Waals surface area contributed by atoms with E-state index >= 15 is 0 Å². The Morgan fingerprint density at radius 3 is 2.42 bits per heavy atom. The molecule has 4 heteroatoms. The largest absolute Gasteiger partial charge is 0.398 e. The van der Waals surface area contributed by atoms with Crippen LogP contribution < -0.4 is 16.8 Å². The Morgan fingerprint density at radius 1 is 1.26 bits per heavy atom. The van der Waals surface area contributed by atoms with Crippen molar-refractivity contribution in [1.29, 1.82) is 0 Å². The predicted octanol–water partition coefficient (Wildman–Crippen LogP) is 2.22. The third-order valence-corrected chi connectivity index (χ3v) is 4.32. The van der Waals surface area contributed by atoms with Crippen molar-refractivity contribution in [1.82, 2.24) is 0 Å². The molecule has 2 aliphatic carbocycles. The van der Waals surface area contributed by atoms with E-state index in [9.17, 15) is 4.79 Å². The van der Waals surface area contributed by atoms with Crippen LogP contribution in [0, 0.1) is 17.8 Å². The van der Waals surface area contributed by atoms with Gasteiger partial charge in [0.2, 0.25) is 0 Å². The SMILES string of the molecule is NC(=O)c1cc(NCC(C2CC2)C2CC2)ccc1N. The first-order valence-electron chi connectivity index (χ1n) is 7.08. The van der Waals surface area contributed by atoms with Gasteiger partial charge in [-0.05, 0) is 61.6 Å². The fourth-order valence-corrected chi connectivity index (χ4v) is 2.88. The number of primary amides is 1. The van der Waals surface area contributed by atoms with Crippen LogP contribution in [0.2, 0.25) is 0 Å². The Labute approximate surface area is 113 Å². The molecule has 0 unspecified atom stereocenters. The van der Waals surface area contributed by atoms with Gasteiger partial charge in [0.1, 0.15) is 0 Å². The molecule has 0 aliphatic heterocycles. The molecule has 2 saturated carbocycles. The number of rotatable bonds is 6. The number of carbonyl (C=O) groups is 1. The molecular formula is C15H21N3O. The summed E-state index contributed by atoms with van der Waals surface area (Å²) in [6, 6.07) is 5.42. The fraction of sp³-hybridized carbons (Fsp3) is 0.533. The van der Waals surface area contributed by atoms with Gasteiger partial charge in [0.25, 0.3) is 5.91 Å². The molecular weight excluding hydrogens is 238 g/mol. The smallest absolute Gasteiger partial charge is 0.250 e. The highest BCUT2D eigenvalue weighted by atomic mass is 16.1. The van der Waals surface area contributed by atoms with E-state index in [4.69, 9.17) is 11.5 Å². The van der Waals surface area contributed by atoms with E-state index in [0.29, 0.717) is 11.3 Å². The van der Waals surface area contributed by atoms with Crippen molar-refractivity contribution in [3.8, 4) is 0 Å². The average molecular weight is 259 g/mol. The van der Waals surface area contributed by atoms with Gasteiger partial charge in [-0.1, -0.05) is 0 Å². The maximum atomic E-state index is 11.3. The molecule has 0 radical (unpaired) electrons. The molecule has 19 heavy (non-hydrogen) atoms. The third-order valence-electron chi connectivity index (χ3n) is 4.32. The van der Waals surface area contributed by atoms with E-state index in [1.54, 1.807) is 12.1 Å². The Balaban J connectivity index is 1.65. The van der Waals surface area contributed by atoms with Gasteiger partial charge in [-0.2, -0.15) is 0 Å². The number of hydrogen-bond acceptors (Lipinski definition) is 3. The summed E-state index contributed by atoms with van der Waals surface area (Å²) in [6.07, 6.45) is 5.54. The summed E-state index contributed by atoms with van der Waals surface area (Å²) >= 11 is 0. The van der Waals surface area contributed by atoms with Gasteiger partial charge in [-0.3, -0.25) is 4.79 Å². The monoisotopic (exact) mass is 259 g/mol. The molecule has 1 aromatic carbocycles. The van der Waals surface area contributed by atoms with Crippen molar-refractivity contribution in [3.63, 3.8) is 0 Å². The summed E-state index contributed by atoms with van der Waals surface area (Å²) in [5.41, 5.74) is 12.8. The van der Waals surface area contributed by atoms with Crippen molar-refractivity contribution >= 4 is 17.3 Å². The minimum atomic E-state index is -0.470. The number of carbonyl (C=O) groups excluding carboxylic acids is 1. The molecule has 2 aliphatic rings. The molecule has 0 atom stereocenters. The summed E-state index contributed by atoms with van der Waals surface area (Å²) in [5.74, 6) is 2.17. The zero-order valence-electron chi connectivity index (χ0n) is 11.1. The zero-order chi connectivity index (χ0) is 13.4. The van der Waals surface area contributed by atoms with E-state index in [-0.39, 0.29) is 0 Å². The molecule has 0 aromatic heterocycles. The fourth-order valence-electron chi connectivity index (χ4n) is 2.88. The Morgan fingerprint density at radius 2 is 1.89 bits per heavy atom. The van der Waals surface area contributed by atoms with Crippen LogP contribution in [0.1, 0.15) is 36.0 Å². The van der Waals surface area contributed by atoms with Crippen LogP contribution in [-0.4, -0.2) is 12.5 Å². The van der Waals surface area contributed by atoms with E-state index in [1.807, 2.05) is 6.07 Å². The first-order valence-corrected chi connectivity index (χ1v) is 7.08. The van der Waals surface area contributed by atoms with Gasteiger partial charge in [0.05, 0.1) is 5.56 Å². The third kappa shape index (κ3) is 2.83. The number of benzene rings is 1. The number of hydrogen-bond donors (Lipinski definition) is 3. The molecule has 3 rings (SSSR count). The maximum absolute atomic E-state index is 11.3. The highest BCUT2D eigenvalue weighted by molar-refractivity contribution is 5.98. The Kier molecular flexibility index (Phi) is 3.09. The molecule has 4 nitrogen and oxygen atoms in total. The van der Waals surface area contributed by atoms with E-state index in [2.05, 4.69) is 5.32 Å². The summed E-state index contributed by atoms with van der Waals surface area (Å²) < 4.78 is 0. The molecule has 5 N–H and O–H groups in total. The van der Waals surface area contributed by atoms with Crippen LogP contribution in [0.15, 0.2) is 18.2 Å². The van der Waals surface area contributed by atoms with Crippen molar-refractivity contribution < 1.29 is 4.79 Å². The first-order chi connectivity index (χ1) is 9.15. The number of nitrogen functional groups attached to an aromatic ring is 1. The highest BCUT2D eigenvalue weighted by Gasteiger charge is 2.40. The molecule has 1 aromatic rings. The molecule has 102 valence electrons. The topological polar surface area (TPSA) is 81.1 Å². The molecule has 2 fully saturated rings.